The average Bonchev–Trinajstić information content (AvgIpc) is 2.99. The van der Waals surface area contributed by atoms with Crippen molar-refractivity contribution in [2.75, 3.05) is 19.0 Å². The summed E-state index contributed by atoms with van der Waals surface area (Å²) in [6.07, 6.45) is 0.0951. The van der Waals surface area contributed by atoms with Crippen molar-refractivity contribution in [3.8, 4) is 5.75 Å². The van der Waals surface area contributed by atoms with Crippen molar-refractivity contribution in [2.24, 2.45) is 4.99 Å². The van der Waals surface area contributed by atoms with Gasteiger partial charge in [0.15, 0.2) is 5.17 Å². The summed E-state index contributed by atoms with van der Waals surface area (Å²) in [7, 11) is 1.59. The Morgan fingerprint density at radius 2 is 1.93 bits per heavy atom. The average molecular weight is 412 g/mol. The van der Waals surface area contributed by atoms with E-state index in [0.717, 1.165) is 22.6 Å². The Morgan fingerprint density at radius 1 is 1.21 bits per heavy atom. The Labute approximate surface area is 175 Å². The molecule has 0 bridgehead atoms. The third-order valence-electron chi connectivity index (χ3n) is 4.66. The number of ether oxygens (including phenoxy) is 1. The topological polar surface area (TPSA) is 71.0 Å². The Balaban J connectivity index is 1.71. The first kappa shape index (κ1) is 20.9. The first-order valence-electron chi connectivity index (χ1n) is 9.49. The molecule has 1 unspecified atom stereocenters. The van der Waals surface area contributed by atoms with Crippen LogP contribution >= 0.6 is 11.8 Å². The van der Waals surface area contributed by atoms with E-state index < -0.39 is 5.25 Å². The Kier molecular flexibility index (Phi) is 6.59. The van der Waals surface area contributed by atoms with E-state index in [1.165, 1.54) is 11.8 Å². The monoisotopic (exact) mass is 411 g/mol. The third kappa shape index (κ3) is 4.98. The number of nitrogens with one attached hydrogen (secondary N) is 1. The van der Waals surface area contributed by atoms with Gasteiger partial charge in [0.25, 0.3) is 0 Å². The lowest BCUT2D eigenvalue weighted by atomic mass is 10.1. The number of methoxy groups -OCH3 is 1. The van der Waals surface area contributed by atoms with Gasteiger partial charge in [0.05, 0.1) is 12.8 Å². The van der Waals surface area contributed by atoms with Crippen molar-refractivity contribution < 1.29 is 14.3 Å². The van der Waals surface area contributed by atoms with E-state index in [4.69, 9.17) is 9.73 Å². The van der Waals surface area contributed by atoms with E-state index in [0.29, 0.717) is 17.4 Å². The van der Waals surface area contributed by atoms with Gasteiger partial charge >= 0.3 is 0 Å². The number of carbonyl (C=O) groups is 2. The Bertz CT molecular complexity index is 941. The summed E-state index contributed by atoms with van der Waals surface area (Å²) >= 11 is 1.35. The number of benzene rings is 2. The predicted molar refractivity (Wildman–Crippen MR) is 118 cm³/mol. The lowest BCUT2D eigenvalue weighted by Gasteiger charge is -2.14. The number of amidine groups is 1. The summed E-state index contributed by atoms with van der Waals surface area (Å²) in [4.78, 5) is 31.6. The fourth-order valence-electron chi connectivity index (χ4n) is 3.01. The highest BCUT2D eigenvalue weighted by Crippen LogP contribution is 2.32. The largest absolute Gasteiger partial charge is 0.497 e. The minimum absolute atomic E-state index is 0.0774. The van der Waals surface area contributed by atoms with Gasteiger partial charge in [0.1, 0.15) is 11.0 Å². The molecule has 6 nitrogen and oxygen atoms in total. The number of hydrogen-bond acceptors (Lipinski definition) is 5. The zero-order chi connectivity index (χ0) is 21.0. The van der Waals surface area contributed by atoms with Gasteiger partial charge < -0.3 is 10.1 Å². The minimum atomic E-state index is -0.475. The van der Waals surface area contributed by atoms with Crippen molar-refractivity contribution >= 4 is 40.1 Å². The zero-order valence-corrected chi connectivity index (χ0v) is 17.9. The van der Waals surface area contributed by atoms with Crippen LogP contribution in [0.5, 0.6) is 5.75 Å². The highest BCUT2D eigenvalue weighted by atomic mass is 32.2. The lowest BCUT2D eigenvalue weighted by Crippen LogP contribution is -2.33. The second-order valence-electron chi connectivity index (χ2n) is 6.85. The highest BCUT2D eigenvalue weighted by molar-refractivity contribution is 8.15. The molecule has 29 heavy (non-hydrogen) atoms. The van der Waals surface area contributed by atoms with Gasteiger partial charge in [-0.2, -0.15) is 0 Å². The first-order valence-corrected chi connectivity index (χ1v) is 10.4. The summed E-state index contributed by atoms with van der Waals surface area (Å²) < 4.78 is 5.12. The molecule has 0 aromatic heterocycles. The molecule has 7 heteroatoms. The van der Waals surface area contributed by atoms with E-state index in [2.05, 4.69) is 5.32 Å². The van der Waals surface area contributed by atoms with Crippen molar-refractivity contribution in [1.29, 1.82) is 0 Å². The van der Waals surface area contributed by atoms with Crippen molar-refractivity contribution in [3.05, 3.63) is 53.6 Å². The number of nitrogens with zero attached hydrogens (tertiary/aromatic N) is 2. The molecule has 0 saturated carbocycles. The predicted octanol–water partition coefficient (Wildman–Crippen LogP) is 4.29. The molecule has 2 aromatic rings. The van der Waals surface area contributed by atoms with Crippen LogP contribution in [0.15, 0.2) is 47.5 Å². The summed E-state index contributed by atoms with van der Waals surface area (Å²) in [6, 6.07) is 13.2. The normalized spacial score (nSPS) is 17.7. The summed E-state index contributed by atoms with van der Waals surface area (Å²) in [6.45, 7) is 6.44. The summed E-state index contributed by atoms with van der Waals surface area (Å²) in [5, 5.41) is 3.01. The molecule has 1 saturated heterocycles. The van der Waals surface area contributed by atoms with Gasteiger partial charge in [-0.15, -0.1) is 0 Å². The van der Waals surface area contributed by atoms with Gasteiger partial charge in [-0.3, -0.25) is 14.5 Å². The molecular weight excluding hydrogens is 386 g/mol. The van der Waals surface area contributed by atoms with Crippen molar-refractivity contribution in [1.82, 2.24) is 4.90 Å². The van der Waals surface area contributed by atoms with Gasteiger partial charge in [0, 0.05) is 18.7 Å². The minimum Gasteiger partial charge on any atom is -0.497 e. The third-order valence-corrected chi connectivity index (χ3v) is 5.84. The summed E-state index contributed by atoms with van der Waals surface area (Å²) in [5.41, 5.74) is 3.68. The molecule has 0 spiro atoms. The van der Waals surface area contributed by atoms with Gasteiger partial charge in [-0.25, -0.2) is 4.99 Å². The molecule has 3 rings (SSSR count). The standard InChI is InChI=1S/C22H25N3O3S/c1-5-25-21(27)19(13-20(26)23-16-8-10-17(28-4)11-9-16)29-22(25)24-18-12-14(2)6-7-15(18)3/h6-12,19H,5,13H2,1-4H3,(H,23,26). The quantitative estimate of drug-likeness (QED) is 0.770. The van der Waals surface area contributed by atoms with E-state index in [1.54, 1.807) is 36.3 Å². The van der Waals surface area contributed by atoms with Crippen LogP contribution in [0.1, 0.15) is 24.5 Å². The van der Waals surface area contributed by atoms with Crippen LogP contribution in [0, 0.1) is 13.8 Å². The second-order valence-corrected chi connectivity index (χ2v) is 8.02. The molecule has 1 atom stereocenters. The number of aryl methyl sites for hydroxylation is 2. The number of anilines is 1. The molecule has 1 aliphatic heterocycles. The fourth-order valence-corrected chi connectivity index (χ4v) is 4.23. The second kappa shape index (κ2) is 9.13. The molecule has 1 aliphatic rings. The molecule has 1 heterocycles. The number of amides is 2. The summed E-state index contributed by atoms with van der Waals surface area (Å²) in [5.74, 6) is 0.437. The van der Waals surface area contributed by atoms with Crippen LogP contribution in [0.2, 0.25) is 0 Å². The van der Waals surface area contributed by atoms with Crippen molar-refractivity contribution in [3.63, 3.8) is 0 Å². The van der Waals surface area contributed by atoms with Crippen LogP contribution < -0.4 is 10.1 Å². The number of rotatable bonds is 6. The zero-order valence-electron chi connectivity index (χ0n) is 17.1. The van der Waals surface area contributed by atoms with Crippen LogP contribution in [-0.4, -0.2) is 40.8 Å². The van der Waals surface area contributed by atoms with E-state index in [9.17, 15) is 9.59 Å². The SMILES string of the molecule is CCN1C(=O)C(CC(=O)Nc2ccc(OC)cc2)SC1=Nc1cc(C)ccc1C. The molecule has 0 radical (unpaired) electrons. The van der Waals surface area contributed by atoms with E-state index in [1.807, 2.05) is 39.0 Å². The molecule has 2 amide bonds. The number of carbonyl (C=O) groups excluding carboxylic acids is 2. The van der Waals surface area contributed by atoms with Crippen LogP contribution in [0.25, 0.3) is 0 Å². The molecular formula is C22H25N3O3S. The maximum atomic E-state index is 12.8. The Morgan fingerprint density at radius 3 is 2.59 bits per heavy atom. The molecule has 152 valence electrons. The maximum absolute atomic E-state index is 12.8. The van der Waals surface area contributed by atoms with E-state index in [-0.39, 0.29) is 18.2 Å². The molecule has 2 aromatic carbocycles. The van der Waals surface area contributed by atoms with Gasteiger partial charge in [-0.1, -0.05) is 23.9 Å². The van der Waals surface area contributed by atoms with Crippen LogP contribution in [0.3, 0.4) is 0 Å². The van der Waals surface area contributed by atoms with Gasteiger partial charge in [-0.05, 0) is 62.2 Å². The molecule has 0 aliphatic carbocycles. The Hall–Kier alpha value is -2.80. The number of hydrogen-bond donors (Lipinski definition) is 1. The fraction of sp³-hybridized carbons (Fsp3) is 0.318. The van der Waals surface area contributed by atoms with E-state index >= 15 is 0 Å². The maximum Gasteiger partial charge on any atom is 0.242 e. The van der Waals surface area contributed by atoms with Gasteiger partial charge in [0.2, 0.25) is 11.8 Å². The van der Waals surface area contributed by atoms with Crippen molar-refractivity contribution in [2.45, 2.75) is 32.4 Å². The number of thioether (sulfide) groups is 1. The smallest absolute Gasteiger partial charge is 0.242 e. The van der Waals surface area contributed by atoms with Crippen LogP contribution in [0.4, 0.5) is 11.4 Å². The van der Waals surface area contributed by atoms with Crippen LogP contribution in [-0.2, 0) is 9.59 Å². The number of aliphatic imine (C=N–C) groups is 1. The lowest BCUT2D eigenvalue weighted by molar-refractivity contribution is -0.128. The first-order chi connectivity index (χ1) is 13.9. The molecule has 1 N–H and O–H groups in total. The highest BCUT2D eigenvalue weighted by Gasteiger charge is 2.38. The molecule has 1 fully saturated rings.